The average Bonchev–Trinajstić information content (AvgIpc) is 2.78. The molecule has 1 atom stereocenters. The van der Waals surface area contributed by atoms with E-state index in [9.17, 15) is 0 Å². The molecule has 0 spiro atoms. The Morgan fingerprint density at radius 1 is 1.41 bits per heavy atom. The molecule has 1 fully saturated rings. The molecule has 0 bridgehead atoms. The molecular formula is C12H17Cl3N2. The first-order valence-electron chi connectivity index (χ1n) is 5.52. The summed E-state index contributed by atoms with van der Waals surface area (Å²) < 4.78 is 0. The summed E-state index contributed by atoms with van der Waals surface area (Å²) in [6.07, 6.45) is 1.20. The van der Waals surface area contributed by atoms with Crippen molar-refractivity contribution in [1.82, 2.24) is 10.2 Å². The third kappa shape index (κ3) is 3.73. The van der Waals surface area contributed by atoms with Crippen molar-refractivity contribution in [2.24, 2.45) is 0 Å². The number of halogens is 3. The maximum absolute atomic E-state index is 6.17. The monoisotopic (exact) mass is 294 g/mol. The third-order valence-corrected chi connectivity index (χ3v) is 3.97. The molecule has 0 saturated carbocycles. The van der Waals surface area contributed by atoms with Crippen LogP contribution in [0.15, 0.2) is 18.2 Å². The van der Waals surface area contributed by atoms with E-state index in [4.69, 9.17) is 23.2 Å². The lowest BCUT2D eigenvalue weighted by Gasteiger charge is -2.24. The van der Waals surface area contributed by atoms with Crippen LogP contribution in [0.25, 0.3) is 0 Å². The van der Waals surface area contributed by atoms with Crippen LogP contribution < -0.4 is 5.32 Å². The molecule has 1 aromatic rings. The molecule has 96 valence electrons. The first-order chi connectivity index (χ1) is 7.68. The van der Waals surface area contributed by atoms with E-state index in [-0.39, 0.29) is 12.4 Å². The van der Waals surface area contributed by atoms with Crippen LogP contribution in [-0.2, 0) is 6.54 Å². The molecule has 0 radical (unpaired) electrons. The van der Waals surface area contributed by atoms with Crippen molar-refractivity contribution < 1.29 is 0 Å². The van der Waals surface area contributed by atoms with Crippen molar-refractivity contribution in [3.05, 3.63) is 33.8 Å². The van der Waals surface area contributed by atoms with E-state index < -0.39 is 0 Å². The highest BCUT2D eigenvalue weighted by Crippen LogP contribution is 2.26. The van der Waals surface area contributed by atoms with Gasteiger partial charge < -0.3 is 5.32 Å². The minimum atomic E-state index is 0. The fourth-order valence-corrected chi connectivity index (χ4v) is 2.46. The second-order valence-electron chi connectivity index (χ2n) is 4.27. The minimum absolute atomic E-state index is 0. The van der Waals surface area contributed by atoms with Crippen LogP contribution >= 0.6 is 35.6 Å². The summed E-state index contributed by atoms with van der Waals surface area (Å²) in [7, 11) is 2.13. The predicted octanol–water partition coefficient (Wildman–Crippen LogP) is 3.21. The summed E-state index contributed by atoms with van der Waals surface area (Å²) >= 11 is 12.2. The predicted molar refractivity (Wildman–Crippen MR) is 76.5 cm³/mol. The molecule has 5 heteroatoms. The van der Waals surface area contributed by atoms with Crippen molar-refractivity contribution >= 4 is 35.6 Å². The zero-order chi connectivity index (χ0) is 11.5. The molecule has 17 heavy (non-hydrogen) atoms. The quantitative estimate of drug-likeness (QED) is 0.921. The molecule has 1 unspecified atom stereocenters. The fraction of sp³-hybridized carbons (Fsp3) is 0.500. The van der Waals surface area contributed by atoms with Crippen molar-refractivity contribution in [3.63, 3.8) is 0 Å². The summed E-state index contributed by atoms with van der Waals surface area (Å²) in [4.78, 5) is 2.33. The van der Waals surface area contributed by atoms with Gasteiger partial charge in [0.15, 0.2) is 0 Å². The number of rotatable bonds is 3. The van der Waals surface area contributed by atoms with Gasteiger partial charge in [-0.3, -0.25) is 4.90 Å². The van der Waals surface area contributed by atoms with Gasteiger partial charge >= 0.3 is 0 Å². The standard InChI is InChI=1S/C12H16Cl2N2.ClH/c1-16(10-5-6-15-7-10)8-9-3-2-4-11(13)12(9)14;/h2-4,10,15H,5-8H2,1H3;1H. The van der Waals surface area contributed by atoms with Gasteiger partial charge in [-0.25, -0.2) is 0 Å². The molecule has 0 aromatic heterocycles. The van der Waals surface area contributed by atoms with E-state index in [0.29, 0.717) is 16.1 Å². The molecule has 0 amide bonds. The topological polar surface area (TPSA) is 15.3 Å². The van der Waals surface area contributed by atoms with Crippen molar-refractivity contribution in [3.8, 4) is 0 Å². The second-order valence-corrected chi connectivity index (χ2v) is 5.06. The first kappa shape index (κ1) is 15.1. The van der Waals surface area contributed by atoms with Crippen LogP contribution in [0, 0.1) is 0 Å². The lowest BCUT2D eigenvalue weighted by molar-refractivity contribution is 0.249. The molecule has 2 rings (SSSR count). The number of nitrogens with one attached hydrogen (secondary N) is 1. The number of likely N-dealkylation sites (N-methyl/N-ethyl adjacent to an activating group) is 1. The smallest absolute Gasteiger partial charge is 0.0637 e. The highest BCUT2D eigenvalue weighted by molar-refractivity contribution is 6.42. The van der Waals surface area contributed by atoms with Gasteiger partial charge in [-0.15, -0.1) is 12.4 Å². The number of nitrogens with zero attached hydrogens (tertiary/aromatic N) is 1. The van der Waals surface area contributed by atoms with Gasteiger partial charge in [-0.2, -0.15) is 0 Å². The van der Waals surface area contributed by atoms with E-state index in [2.05, 4.69) is 17.3 Å². The van der Waals surface area contributed by atoms with Gasteiger partial charge in [0.25, 0.3) is 0 Å². The van der Waals surface area contributed by atoms with E-state index >= 15 is 0 Å². The Kier molecular flexibility index (Phi) is 6.04. The largest absolute Gasteiger partial charge is 0.315 e. The first-order valence-corrected chi connectivity index (χ1v) is 6.28. The SMILES string of the molecule is CN(Cc1cccc(Cl)c1Cl)C1CCNC1.Cl. The fourth-order valence-electron chi connectivity index (χ4n) is 2.08. The van der Waals surface area contributed by atoms with E-state index in [1.807, 2.05) is 18.2 Å². The lowest BCUT2D eigenvalue weighted by atomic mass is 10.1. The number of hydrogen-bond donors (Lipinski definition) is 1. The Labute approximate surface area is 119 Å². The van der Waals surface area contributed by atoms with Gasteiger partial charge in [-0.1, -0.05) is 35.3 Å². The highest BCUT2D eigenvalue weighted by atomic mass is 35.5. The summed E-state index contributed by atoms with van der Waals surface area (Å²) in [6.45, 7) is 3.03. The summed E-state index contributed by atoms with van der Waals surface area (Å²) in [5.74, 6) is 0. The molecule has 1 aliphatic rings. The van der Waals surface area contributed by atoms with Crippen LogP contribution in [-0.4, -0.2) is 31.1 Å². The van der Waals surface area contributed by atoms with Crippen LogP contribution in [0.4, 0.5) is 0 Å². The lowest BCUT2D eigenvalue weighted by Crippen LogP contribution is -2.32. The minimum Gasteiger partial charge on any atom is -0.315 e. The summed E-state index contributed by atoms with van der Waals surface area (Å²) in [6, 6.07) is 6.41. The zero-order valence-corrected chi connectivity index (χ0v) is 12.1. The number of hydrogen-bond acceptors (Lipinski definition) is 2. The van der Waals surface area contributed by atoms with E-state index in [0.717, 1.165) is 25.2 Å². The van der Waals surface area contributed by atoms with Gasteiger partial charge in [0, 0.05) is 19.1 Å². The molecule has 1 N–H and O–H groups in total. The second kappa shape index (κ2) is 6.81. The van der Waals surface area contributed by atoms with Crippen LogP contribution in [0.1, 0.15) is 12.0 Å². The highest BCUT2D eigenvalue weighted by Gasteiger charge is 2.19. The maximum atomic E-state index is 6.17. The Balaban J connectivity index is 0.00000144. The normalized spacial score (nSPS) is 19.4. The Bertz CT molecular complexity index is 365. The van der Waals surface area contributed by atoms with Gasteiger partial charge in [-0.05, 0) is 31.6 Å². The molecule has 0 aliphatic carbocycles. The Hall–Kier alpha value is 0.01000. The molecule has 2 nitrogen and oxygen atoms in total. The molecular weight excluding hydrogens is 279 g/mol. The summed E-state index contributed by atoms with van der Waals surface area (Å²) in [5, 5.41) is 4.68. The van der Waals surface area contributed by atoms with E-state index in [1.54, 1.807) is 0 Å². The van der Waals surface area contributed by atoms with Crippen LogP contribution in [0.2, 0.25) is 10.0 Å². The van der Waals surface area contributed by atoms with Crippen molar-refractivity contribution in [2.45, 2.75) is 19.0 Å². The third-order valence-electron chi connectivity index (χ3n) is 3.11. The molecule has 1 aliphatic heterocycles. The molecule has 1 aromatic carbocycles. The van der Waals surface area contributed by atoms with Gasteiger partial charge in [0.2, 0.25) is 0 Å². The van der Waals surface area contributed by atoms with Gasteiger partial charge in [0.05, 0.1) is 10.0 Å². The molecule has 1 heterocycles. The Morgan fingerprint density at radius 3 is 2.82 bits per heavy atom. The zero-order valence-electron chi connectivity index (χ0n) is 9.75. The average molecular weight is 296 g/mol. The van der Waals surface area contributed by atoms with Gasteiger partial charge in [0.1, 0.15) is 0 Å². The van der Waals surface area contributed by atoms with Crippen LogP contribution in [0.5, 0.6) is 0 Å². The van der Waals surface area contributed by atoms with Crippen LogP contribution in [0.3, 0.4) is 0 Å². The van der Waals surface area contributed by atoms with Crippen molar-refractivity contribution in [1.29, 1.82) is 0 Å². The summed E-state index contributed by atoms with van der Waals surface area (Å²) in [5.41, 5.74) is 1.10. The molecule has 1 saturated heterocycles. The maximum Gasteiger partial charge on any atom is 0.0637 e. The number of benzene rings is 1. The van der Waals surface area contributed by atoms with E-state index in [1.165, 1.54) is 6.42 Å². The Morgan fingerprint density at radius 2 is 2.18 bits per heavy atom. The van der Waals surface area contributed by atoms with Crippen molar-refractivity contribution in [2.75, 3.05) is 20.1 Å².